The highest BCUT2D eigenvalue weighted by Crippen LogP contribution is 2.26. The van der Waals surface area contributed by atoms with Gasteiger partial charge in [-0.25, -0.2) is 0 Å². The summed E-state index contributed by atoms with van der Waals surface area (Å²) in [4.78, 5) is 0. The van der Waals surface area contributed by atoms with E-state index < -0.39 is 0 Å². The third kappa shape index (κ3) is 3.45. The predicted octanol–water partition coefficient (Wildman–Crippen LogP) is 3.54. The standard InChI is InChI=1S/C12H13Cl2N3O/c1-7(2)15-6-11-16-17-12(18-11)8-3-9(13)5-10(14)4-8/h3-5,7,15H,6H2,1-2H3. The van der Waals surface area contributed by atoms with Crippen LogP contribution in [0.2, 0.25) is 10.0 Å². The van der Waals surface area contributed by atoms with Gasteiger partial charge in [-0.1, -0.05) is 37.0 Å². The number of nitrogens with zero attached hydrogens (tertiary/aromatic N) is 2. The molecule has 1 heterocycles. The van der Waals surface area contributed by atoms with Crippen molar-refractivity contribution in [3.05, 3.63) is 34.1 Å². The predicted molar refractivity (Wildman–Crippen MR) is 71.7 cm³/mol. The monoisotopic (exact) mass is 285 g/mol. The first kappa shape index (κ1) is 13.3. The van der Waals surface area contributed by atoms with Crippen LogP contribution in [0.1, 0.15) is 19.7 Å². The first-order valence-corrected chi connectivity index (χ1v) is 6.32. The van der Waals surface area contributed by atoms with Gasteiger partial charge in [-0.05, 0) is 18.2 Å². The van der Waals surface area contributed by atoms with Crippen LogP contribution in [0.3, 0.4) is 0 Å². The molecule has 6 heteroatoms. The van der Waals surface area contributed by atoms with Crippen molar-refractivity contribution < 1.29 is 4.42 Å². The topological polar surface area (TPSA) is 51.0 Å². The molecule has 0 atom stereocenters. The van der Waals surface area contributed by atoms with Crippen LogP contribution in [0.15, 0.2) is 22.6 Å². The van der Waals surface area contributed by atoms with Crippen LogP contribution >= 0.6 is 23.2 Å². The van der Waals surface area contributed by atoms with Gasteiger partial charge in [-0.2, -0.15) is 0 Å². The third-order valence-electron chi connectivity index (χ3n) is 2.24. The van der Waals surface area contributed by atoms with Crippen molar-refractivity contribution in [1.29, 1.82) is 0 Å². The molecular weight excluding hydrogens is 273 g/mol. The van der Waals surface area contributed by atoms with Crippen LogP contribution in [0.4, 0.5) is 0 Å². The summed E-state index contributed by atoms with van der Waals surface area (Å²) in [6.07, 6.45) is 0. The molecule has 2 rings (SSSR count). The molecule has 1 N–H and O–H groups in total. The fraction of sp³-hybridized carbons (Fsp3) is 0.333. The van der Waals surface area contributed by atoms with E-state index in [2.05, 4.69) is 15.5 Å². The number of hydrogen-bond acceptors (Lipinski definition) is 4. The summed E-state index contributed by atoms with van der Waals surface area (Å²) in [6.45, 7) is 4.64. The highest BCUT2D eigenvalue weighted by molar-refractivity contribution is 6.35. The van der Waals surface area contributed by atoms with Gasteiger partial charge in [0.05, 0.1) is 6.54 Å². The lowest BCUT2D eigenvalue weighted by Crippen LogP contribution is -2.21. The summed E-state index contributed by atoms with van der Waals surface area (Å²) in [7, 11) is 0. The molecule has 0 spiro atoms. The number of benzene rings is 1. The molecule has 0 saturated heterocycles. The maximum atomic E-state index is 5.92. The lowest BCUT2D eigenvalue weighted by molar-refractivity contribution is 0.459. The zero-order valence-corrected chi connectivity index (χ0v) is 11.6. The largest absolute Gasteiger partial charge is 0.419 e. The van der Waals surface area contributed by atoms with Crippen molar-refractivity contribution in [2.45, 2.75) is 26.4 Å². The van der Waals surface area contributed by atoms with Gasteiger partial charge in [0, 0.05) is 21.7 Å². The first-order chi connectivity index (χ1) is 8.54. The van der Waals surface area contributed by atoms with Gasteiger partial charge in [0.25, 0.3) is 0 Å². The minimum absolute atomic E-state index is 0.362. The van der Waals surface area contributed by atoms with Crippen molar-refractivity contribution >= 4 is 23.2 Å². The van der Waals surface area contributed by atoms with E-state index in [1.165, 1.54) is 0 Å². The van der Waals surface area contributed by atoms with E-state index >= 15 is 0 Å². The Kier molecular flexibility index (Phi) is 4.22. The minimum Gasteiger partial charge on any atom is -0.419 e. The Labute approximate surface area is 115 Å². The Balaban J connectivity index is 2.18. The summed E-state index contributed by atoms with van der Waals surface area (Å²) in [5.41, 5.74) is 0.718. The minimum atomic E-state index is 0.362. The summed E-state index contributed by atoms with van der Waals surface area (Å²) in [6, 6.07) is 5.49. The molecule has 2 aromatic rings. The van der Waals surface area contributed by atoms with Crippen LogP contribution in [0, 0.1) is 0 Å². The van der Waals surface area contributed by atoms with Crippen molar-refractivity contribution in [3.63, 3.8) is 0 Å². The molecule has 4 nitrogen and oxygen atoms in total. The van der Waals surface area contributed by atoms with E-state index in [1.54, 1.807) is 18.2 Å². The molecular formula is C12H13Cl2N3O. The van der Waals surface area contributed by atoms with Crippen LogP contribution in [-0.2, 0) is 6.54 Å². The van der Waals surface area contributed by atoms with E-state index in [1.807, 2.05) is 13.8 Å². The maximum Gasteiger partial charge on any atom is 0.247 e. The van der Waals surface area contributed by atoms with Gasteiger partial charge >= 0.3 is 0 Å². The fourth-order valence-electron chi connectivity index (χ4n) is 1.41. The van der Waals surface area contributed by atoms with Crippen LogP contribution < -0.4 is 5.32 Å². The first-order valence-electron chi connectivity index (χ1n) is 5.57. The Hall–Kier alpha value is -1.10. The van der Waals surface area contributed by atoms with E-state index in [4.69, 9.17) is 27.6 Å². The molecule has 0 aliphatic heterocycles. The molecule has 0 amide bonds. The third-order valence-corrected chi connectivity index (χ3v) is 2.67. The van der Waals surface area contributed by atoms with Gasteiger partial charge in [0.15, 0.2) is 0 Å². The smallest absolute Gasteiger partial charge is 0.247 e. The SMILES string of the molecule is CC(C)NCc1nnc(-c2cc(Cl)cc(Cl)c2)o1. The zero-order chi connectivity index (χ0) is 13.1. The second kappa shape index (κ2) is 5.69. The number of hydrogen-bond donors (Lipinski definition) is 1. The van der Waals surface area contributed by atoms with Gasteiger partial charge < -0.3 is 9.73 Å². The molecule has 0 aliphatic carbocycles. The Morgan fingerprint density at radius 3 is 2.44 bits per heavy atom. The van der Waals surface area contributed by atoms with E-state index in [0.717, 1.165) is 5.56 Å². The van der Waals surface area contributed by atoms with Gasteiger partial charge in [-0.15, -0.1) is 10.2 Å². The van der Waals surface area contributed by atoms with Gasteiger partial charge in [-0.3, -0.25) is 0 Å². The number of rotatable bonds is 4. The molecule has 1 aromatic carbocycles. The van der Waals surface area contributed by atoms with E-state index in [0.29, 0.717) is 34.4 Å². The second-order valence-corrected chi connectivity index (χ2v) is 5.07. The summed E-state index contributed by atoms with van der Waals surface area (Å²) >= 11 is 11.8. The summed E-state index contributed by atoms with van der Waals surface area (Å²) < 4.78 is 5.53. The van der Waals surface area contributed by atoms with Gasteiger partial charge in [0.2, 0.25) is 11.8 Å². The Bertz CT molecular complexity index is 520. The van der Waals surface area contributed by atoms with Crippen molar-refractivity contribution in [1.82, 2.24) is 15.5 Å². The van der Waals surface area contributed by atoms with Crippen LogP contribution in [-0.4, -0.2) is 16.2 Å². The fourth-order valence-corrected chi connectivity index (χ4v) is 1.94. The number of nitrogens with one attached hydrogen (secondary N) is 1. The molecule has 0 radical (unpaired) electrons. The zero-order valence-electron chi connectivity index (χ0n) is 10.1. The molecule has 0 aliphatic rings. The molecule has 0 bridgehead atoms. The quantitative estimate of drug-likeness (QED) is 0.934. The summed E-state index contributed by atoms with van der Waals surface area (Å²) in [5, 5.41) is 12.2. The molecule has 0 saturated carbocycles. The Morgan fingerprint density at radius 2 is 1.83 bits per heavy atom. The molecule has 0 fully saturated rings. The lowest BCUT2D eigenvalue weighted by atomic mass is 10.2. The van der Waals surface area contributed by atoms with Crippen molar-refractivity contribution in [3.8, 4) is 11.5 Å². The van der Waals surface area contributed by atoms with Crippen LogP contribution in [0.25, 0.3) is 11.5 Å². The van der Waals surface area contributed by atoms with E-state index in [9.17, 15) is 0 Å². The summed E-state index contributed by atoms with van der Waals surface area (Å²) in [5.74, 6) is 0.953. The van der Waals surface area contributed by atoms with Gasteiger partial charge in [0.1, 0.15) is 0 Å². The van der Waals surface area contributed by atoms with Crippen molar-refractivity contribution in [2.75, 3.05) is 0 Å². The van der Waals surface area contributed by atoms with Crippen LogP contribution in [0.5, 0.6) is 0 Å². The van der Waals surface area contributed by atoms with E-state index in [-0.39, 0.29) is 0 Å². The van der Waals surface area contributed by atoms with Crippen molar-refractivity contribution in [2.24, 2.45) is 0 Å². The molecule has 1 aromatic heterocycles. The maximum absolute atomic E-state index is 5.92. The average molecular weight is 286 g/mol. The Morgan fingerprint density at radius 1 is 1.17 bits per heavy atom. The highest BCUT2D eigenvalue weighted by Gasteiger charge is 2.10. The normalized spacial score (nSPS) is 11.2. The molecule has 0 unspecified atom stereocenters. The molecule has 96 valence electrons. The number of halogens is 2. The average Bonchev–Trinajstić information content (AvgIpc) is 2.73. The lowest BCUT2D eigenvalue weighted by Gasteiger charge is -2.03. The molecule has 18 heavy (non-hydrogen) atoms. The number of aromatic nitrogens is 2. The second-order valence-electron chi connectivity index (χ2n) is 4.19. The highest BCUT2D eigenvalue weighted by atomic mass is 35.5.